The highest BCUT2D eigenvalue weighted by Crippen LogP contribution is 2.34. The summed E-state index contributed by atoms with van der Waals surface area (Å²) in [6.07, 6.45) is 0.717. The molecule has 0 heterocycles. The van der Waals surface area contributed by atoms with Gasteiger partial charge in [-0.15, -0.1) is 0 Å². The Kier molecular flexibility index (Phi) is 3.46. The number of aryl methyl sites for hydroxylation is 1. The molecule has 0 fully saturated rings. The molecule has 0 saturated carbocycles. The van der Waals surface area contributed by atoms with E-state index in [0.29, 0.717) is 10.6 Å². The highest BCUT2D eigenvalue weighted by atomic mass is 31.2. The summed E-state index contributed by atoms with van der Waals surface area (Å²) in [7, 11) is -3.70. The first-order valence-corrected chi connectivity index (χ1v) is 7.24. The SMILES string of the molecule is CCc1ccccc1P(=O)([O-])c1ccccc1. The summed E-state index contributed by atoms with van der Waals surface area (Å²) in [6, 6.07) is 15.8. The fraction of sp³-hybridized carbons (Fsp3) is 0.143. The molecule has 0 bridgehead atoms. The molecule has 0 saturated heterocycles. The zero-order valence-electron chi connectivity index (χ0n) is 9.67. The quantitative estimate of drug-likeness (QED) is 0.774. The monoisotopic (exact) mass is 245 g/mol. The molecular weight excluding hydrogens is 231 g/mol. The van der Waals surface area contributed by atoms with E-state index in [2.05, 4.69) is 0 Å². The molecule has 0 radical (unpaired) electrons. The summed E-state index contributed by atoms with van der Waals surface area (Å²) in [5, 5.41) is 0.814. The second-order valence-corrected chi connectivity index (χ2v) is 5.97. The van der Waals surface area contributed by atoms with Crippen LogP contribution in [0.3, 0.4) is 0 Å². The van der Waals surface area contributed by atoms with Crippen LogP contribution in [0.1, 0.15) is 12.5 Å². The van der Waals surface area contributed by atoms with Crippen molar-refractivity contribution in [2.75, 3.05) is 0 Å². The van der Waals surface area contributed by atoms with Crippen LogP contribution >= 0.6 is 7.37 Å². The van der Waals surface area contributed by atoms with Gasteiger partial charge in [0.25, 0.3) is 0 Å². The summed E-state index contributed by atoms with van der Waals surface area (Å²) in [6.45, 7) is 1.96. The Bertz CT molecular complexity index is 549. The van der Waals surface area contributed by atoms with Gasteiger partial charge < -0.3 is 9.46 Å². The van der Waals surface area contributed by atoms with Crippen LogP contribution in [0.4, 0.5) is 0 Å². The third-order valence-electron chi connectivity index (χ3n) is 2.79. The van der Waals surface area contributed by atoms with Crippen LogP contribution in [0, 0.1) is 0 Å². The van der Waals surface area contributed by atoms with Crippen molar-refractivity contribution in [2.45, 2.75) is 13.3 Å². The van der Waals surface area contributed by atoms with Gasteiger partial charge in [-0.3, -0.25) is 0 Å². The van der Waals surface area contributed by atoms with Crippen LogP contribution in [-0.2, 0) is 11.0 Å². The molecule has 2 aromatic rings. The highest BCUT2D eigenvalue weighted by molar-refractivity contribution is 7.72. The van der Waals surface area contributed by atoms with Crippen molar-refractivity contribution in [3.05, 3.63) is 60.2 Å². The molecule has 0 N–H and O–H groups in total. The van der Waals surface area contributed by atoms with E-state index in [1.807, 2.05) is 25.1 Å². The first-order valence-electron chi connectivity index (χ1n) is 5.61. The van der Waals surface area contributed by atoms with Crippen LogP contribution in [0.15, 0.2) is 54.6 Å². The molecule has 0 amide bonds. The largest absolute Gasteiger partial charge is 0.793 e. The van der Waals surface area contributed by atoms with Crippen molar-refractivity contribution in [2.24, 2.45) is 0 Å². The zero-order chi connectivity index (χ0) is 12.3. The topological polar surface area (TPSA) is 40.1 Å². The molecular formula is C14H14O2P-. The molecule has 17 heavy (non-hydrogen) atoms. The third-order valence-corrected chi connectivity index (χ3v) is 4.83. The maximum absolute atomic E-state index is 12.4. The molecule has 0 spiro atoms. The van der Waals surface area contributed by atoms with Gasteiger partial charge in [-0.2, -0.15) is 0 Å². The van der Waals surface area contributed by atoms with Gasteiger partial charge in [0.2, 0.25) is 0 Å². The van der Waals surface area contributed by atoms with E-state index in [9.17, 15) is 9.46 Å². The molecule has 0 aliphatic heterocycles. The van der Waals surface area contributed by atoms with Crippen molar-refractivity contribution >= 4 is 18.0 Å². The Morgan fingerprint density at radius 1 is 1.00 bits per heavy atom. The molecule has 2 rings (SSSR count). The summed E-state index contributed by atoms with van der Waals surface area (Å²) in [5.74, 6) is 0. The minimum atomic E-state index is -3.70. The first-order chi connectivity index (χ1) is 8.16. The lowest BCUT2D eigenvalue weighted by Gasteiger charge is -2.26. The maximum Gasteiger partial charge on any atom is 0.0723 e. The van der Waals surface area contributed by atoms with Gasteiger partial charge in [0.1, 0.15) is 0 Å². The normalized spacial score (nSPS) is 14.2. The zero-order valence-corrected chi connectivity index (χ0v) is 10.6. The molecule has 1 unspecified atom stereocenters. The second kappa shape index (κ2) is 4.87. The van der Waals surface area contributed by atoms with E-state index >= 15 is 0 Å². The van der Waals surface area contributed by atoms with Crippen LogP contribution in [-0.4, -0.2) is 0 Å². The Morgan fingerprint density at radius 3 is 2.24 bits per heavy atom. The van der Waals surface area contributed by atoms with Gasteiger partial charge in [0.15, 0.2) is 0 Å². The van der Waals surface area contributed by atoms with E-state index in [1.54, 1.807) is 36.4 Å². The minimum Gasteiger partial charge on any atom is -0.793 e. The molecule has 3 heteroatoms. The molecule has 0 aromatic heterocycles. The molecule has 1 atom stereocenters. The summed E-state index contributed by atoms with van der Waals surface area (Å²) < 4.78 is 12.4. The number of hydrogen-bond acceptors (Lipinski definition) is 2. The van der Waals surface area contributed by atoms with Crippen LogP contribution in [0.2, 0.25) is 0 Å². The average molecular weight is 245 g/mol. The standard InChI is InChI=1S/C14H15O2P/c1-2-12-8-6-7-11-14(12)17(15,16)13-9-4-3-5-10-13/h3-11H,2H2,1H3,(H,15,16)/p-1. The van der Waals surface area contributed by atoms with E-state index in [1.165, 1.54) is 0 Å². The number of rotatable bonds is 3. The molecule has 2 nitrogen and oxygen atoms in total. The molecule has 0 aliphatic rings. The van der Waals surface area contributed by atoms with Crippen molar-refractivity contribution in [3.63, 3.8) is 0 Å². The third kappa shape index (κ3) is 2.33. The van der Waals surface area contributed by atoms with E-state index in [-0.39, 0.29) is 0 Å². The lowest BCUT2D eigenvalue weighted by Crippen LogP contribution is -2.27. The predicted molar refractivity (Wildman–Crippen MR) is 69.1 cm³/mol. The van der Waals surface area contributed by atoms with Crippen molar-refractivity contribution in [1.29, 1.82) is 0 Å². The average Bonchev–Trinajstić information content (AvgIpc) is 2.39. The fourth-order valence-electron chi connectivity index (χ4n) is 1.86. The molecule has 88 valence electrons. The maximum atomic E-state index is 12.4. The summed E-state index contributed by atoms with van der Waals surface area (Å²) in [4.78, 5) is 12.4. The molecule has 2 aromatic carbocycles. The van der Waals surface area contributed by atoms with Gasteiger partial charge in [-0.25, -0.2) is 0 Å². The van der Waals surface area contributed by atoms with E-state index < -0.39 is 7.37 Å². The van der Waals surface area contributed by atoms with Crippen molar-refractivity contribution in [1.82, 2.24) is 0 Å². The highest BCUT2D eigenvalue weighted by Gasteiger charge is 2.16. The van der Waals surface area contributed by atoms with E-state index in [4.69, 9.17) is 0 Å². The van der Waals surface area contributed by atoms with Gasteiger partial charge in [-0.1, -0.05) is 61.5 Å². The Hall–Kier alpha value is -1.37. The lowest BCUT2D eigenvalue weighted by molar-refractivity contribution is -0.167. The number of hydrogen-bond donors (Lipinski definition) is 0. The van der Waals surface area contributed by atoms with Crippen LogP contribution < -0.4 is 15.5 Å². The first kappa shape index (κ1) is 12.1. The van der Waals surface area contributed by atoms with Crippen LogP contribution in [0.5, 0.6) is 0 Å². The fourth-order valence-corrected chi connectivity index (χ4v) is 3.60. The van der Waals surface area contributed by atoms with Crippen LogP contribution in [0.25, 0.3) is 0 Å². The Labute approximate surface area is 101 Å². The summed E-state index contributed by atoms with van der Waals surface area (Å²) in [5.41, 5.74) is 0.870. The minimum absolute atomic E-state index is 0.376. The number of benzene rings is 2. The van der Waals surface area contributed by atoms with Gasteiger partial charge in [0.05, 0.1) is 7.37 Å². The lowest BCUT2D eigenvalue weighted by atomic mass is 10.2. The predicted octanol–water partition coefficient (Wildman–Crippen LogP) is 1.84. The smallest absolute Gasteiger partial charge is 0.0723 e. The molecule has 0 aliphatic carbocycles. The Morgan fingerprint density at radius 2 is 1.59 bits per heavy atom. The Balaban J connectivity index is 2.56. The van der Waals surface area contributed by atoms with Gasteiger partial charge >= 0.3 is 0 Å². The van der Waals surface area contributed by atoms with Crippen molar-refractivity contribution in [3.8, 4) is 0 Å². The van der Waals surface area contributed by atoms with Gasteiger partial charge in [-0.05, 0) is 12.0 Å². The summed E-state index contributed by atoms with van der Waals surface area (Å²) >= 11 is 0. The van der Waals surface area contributed by atoms with E-state index in [0.717, 1.165) is 12.0 Å². The van der Waals surface area contributed by atoms with Crippen molar-refractivity contribution < 1.29 is 9.46 Å². The second-order valence-electron chi connectivity index (χ2n) is 3.87. The van der Waals surface area contributed by atoms with Gasteiger partial charge in [0, 0.05) is 10.6 Å².